The molecule has 0 unspecified atom stereocenters. The summed E-state index contributed by atoms with van der Waals surface area (Å²) >= 11 is 0. The highest BCUT2D eigenvalue weighted by molar-refractivity contribution is 6.10. The molecule has 0 aliphatic heterocycles. The fraction of sp³-hybridized carbons (Fsp3) is 0.0149. The van der Waals surface area contributed by atoms with E-state index in [1.165, 1.54) is 66.4 Å². The molecule has 12 aromatic rings. The van der Waals surface area contributed by atoms with Gasteiger partial charge < -0.3 is 9.47 Å². The molecule has 1 aliphatic rings. The van der Waals surface area contributed by atoms with Crippen molar-refractivity contribution in [3.05, 3.63) is 301 Å². The maximum absolute atomic E-state index is 2.57. The summed E-state index contributed by atoms with van der Waals surface area (Å²) in [6.45, 7) is 0. The summed E-state index contributed by atoms with van der Waals surface area (Å²) in [6.07, 6.45) is 0. The van der Waals surface area contributed by atoms with Gasteiger partial charge in [-0.15, -0.1) is 0 Å². The van der Waals surface area contributed by atoms with Crippen LogP contribution >= 0.6 is 0 Å². The molecule has 13 rings (SSSR count). The zero-order valence-corrected chi connectivity index (χ0v) is 38.0. The maximum Gasteiger partial charge on any atom is 0.0714 e. The number of hydrogen-bond acceptors (Lipinski definition) is 1. The van der Waals surface area contributed by atoms with Crippen molar-refractivity contribution in [2.45, 2.75) is 5.41 Å². The zero-order valence-electron chi connectivity index (χ0n) is 38.0. The van der Waals surface area contributed by atoms with E-state index in [1.807, 2.05) is 0 Å². The number of nitrogens with zero attached hydrogens (tertiary/aromatic N) is 2. The highest BCUT2D eigenvalue weighted by Gasteiger charge is 2.47. The molecule has 0 radical (unpaired) electrons. The van der Waals surface area contributed by atoms with E-state index in [0.717, 1.165) is 44.9 Å². The van der Waals surface area contributed by atoms with Gasteiger partial charge in [-0.2, -0.15) is 0 Å². The van der Waals surface area contributed by atoms with Crippen LogP contribution in [0.2, 0.25) is 0 Å². The van der Waals surface area contributed by atoms with E-state index in [4.69, 9.17) is 0 Å². The summed E-state index contributed by atoms with van der Waals surface area (Å²) in [7, 11) is 0. The second kappa shape index (κ2) is 16.7. The van der Waals surface area contributed by atoms with Crippen LogP contribution in [-0.4, -0.2) is 4.57 Å². The molecule has 69 heavy (non-hydrogen) atoms. The Balaban J connectivity index is 1.14. The van der Waals surface area contributed by atoms with Crippen LogP contribution in [0.1, 0.15) is 22.3 Å². The highest BCUT2D eigenvalue weighted by Crippen LogP contribution is 2.60. The first kappa shape index (κ1) is 40.3. The molecule has 0 atom stereocenters. The molecule has 1 aromatic heterocycles. The van der Waals surface area contributed by atoms with E-state index in [1.54, 1.807) is 0 Å². The number of fused-ring (bicyclic) bond motifs is 6. The molecule has 1 heterocycles. The average Bonchev–Trinajstić information content (AvgIpc) is 3.93. The molecular weight excluding hydrogens is 833 g/mol. The van der Waals surface area contributed by atoms with Gasteiger partial charge in [0.1, 0.15) is 0 Å². The Labute approximate surface area is 403 Å². The Morgan fingerprint density at radius 2 is 0.696 bits per heavy atom. The Morgan fingerprint density at radius 3 is 1.33 bits per heavy atom. The molecule has 0 spiro atoms. The van der Waals surface area contributed by atoms with Crippen LogP contribution < -0.4 is 4.90 Å². The summed E-state index contributed by atoms with van der Waals surface area (Å²) in [5.41, 5.74) is 20.6. The Hall–Kier alpha value is -8.98. The molecule has 0 saturated heterocycles. The van der Waals surface area contributed by atoms with Crippen molar-refractivity contribution in [2.75, 3.05) is 4.90 Å². The predicted molar refractivity (Wildman–Crippen MR) is 289 cm³/mol. The Morgan fingerprint density at radius 1 is 0.275 bits per heavy atom. The van der Waals surface area contributed by atoms with Gasteiger partial charge >= 0.3 is 0 Å². The van der Waals surface area contributed by atoms with Crippen molar-refractivity contribution in [3.8, 4) is 50.2 Å². The van der Waals surface area contributed by atoms with Gasteiger partial charge in [-0.05, 0) is 92.0 Å². The van der Waals surface area contributed by atoms with Crippen LogP contribution in [0, 0.1) is 0 Å². The van der Waals surface area contributed by atoms with Gasteiger partial charge in [-0.25, -0.2) is 0 Å². The third kappa shape index (κ3) is 6.34. The van der Waals surface area contributed by atoms with Crippen molar-refractivity contribution in [1.29, 1.82) is 0 Å². The minimum absolute atomic E-state index is 0.574. The van der Waals surface area contributed by atoms with Crippen molar-refractivity contribution >= 4 is 38.9 Å². The fourth-order valence-electron chi connectivity index (χ4n) is 11.5. The highest BCUT2D eigenvalue weighted by atomic mass is 15.2. The van der Waals surface area contributed by atoms with E-state index in [9.17, 15) is 0 Å². The van der Waals surface area contributed by atoms with Crippen molar-refractivity contribution in [2.24, 2.45) is 0 Å². The zero-order chi connectivity index (χ0) is 45.7. The van der Waals surface area contributed by atoms with Crippen LogP contribution in [0.5, 0.6) is 0 Å². The van der Waals surface area contributed by atoms with Crippen LogP contribution in [0.3, 0.4) is 0 Å². The number of hydrogen-bond donors (Lipinski definition) is 0. The SMILES string of the molecule is c1ccc(-c2ccccc2-c2ccccc2-c2ccccc2N(c2ccccc2-n2c3ccccc3c3ccccc32)c2cccc3c2-c2ccccc2C3(c2ccccc2)c2ccccc2)cc1. The lowest BCUT2D eigenvalue weighted by atomic mass is 9.68. The number of rotatable bonds is 9. The molecule has 1 aliphatic carbocycles. The standard InChI is InChI=1S/C67H46N2/c1-4-25-47(26-5-1)50-31-10-11-32-51(50)52-33-12-13-34-53(52)54-35-15-19-41-60(54)69(64-45-23-22-44-63(64)68-61-42-20-16-36-55(61)56-37-17-21-43-62(56)68)65-46-24-40-59-66(65)57-38-14-18-39-58(57)67(59,48-27-6-2-7-28-48)49-29-8-3-9-30-49/h1-46H. The quantitative estimate of drug-likeness (QED) is 0.140. The van der Waals surface area contributed by atoms with E-state index in [-0.39, 0.29) is 0 Å². The first-order chi connectivity index (χ1) is 34.3. The first-order valence-corrected chi connectivity index (χ1v) is 23.9. The van der Waals surface area contributed by atoms with Gasteiger partial charge in [0.15, 0.2) is 0 Å². The summed E-state index contributed by atoms with van der Waals surface area (Å²) in [5.74, 6) is 0. The van der Waals surface area contributed by atoms with Crippen LogP contribution in [0.4, 0.5) is 17.1 Å². The molecule has 0 saturated carbocycles. The van der Waals surface area contributed by atoms with Crippen LogP contribution in [0.15, 0.2) is 279 Å². The van der Waals surface area contributed by atoms with Gasteiger partial charge in [-0.1, -0.05) is 243 Å². The predicted octanol–water partition coefficient (Wildman–Crippen LogP) is 17.6. The second-order valence-corrected chi connectivity index (χ2v) is 17.9. The van der Waals surface area contributed by atoms with Gasteiger partial charge in [0.05, 0.1) is 39.2 Å². The molecule has 0 amide bonds. The summed E-state index contributed by atoms with van der Waals surface area (Å²) in [5, 5.41) is 2.46. The molecule has 0 fully saturated rings. The number of aromatic nitrogens is 1. The molecule has 2 heteroatoms. The normalized spacial score (nSPS) is 12.5. The number of benzene rings is 11. The first-order valence-electron chi connectivity index (χ1n) is 23.9. The summed E-state index contributed by atoms with van der Waals surface area (Å²) in [4.78, 5) is 2.57. The second-order valence-electron chi connectivity index (χ2n) is 17.9. The molecule has 11 aromatic carbocycles. The third-order valence-corrected chi connectivity index (χ3v) is 14.3. The van der Waals surface area contributed by atoms with Crippen LogP contribution in [-0.2, 0) is 5.41 Å². The monoisotopic (exact) mass is 878 g/mol. The Bertz CT molecular complexity index is 3750. The average molecular weight is 879 g/mol. The lowest BCUT2D eigenvalue weighted by Crippen LogP contribution is -2.28. The number of anilines is 3. The van der Waals surface area contributed by atoms with Crippen molar-refractivity contribution in [3.63, 3.8) is 0 Å². The van der Waals surface area contributed by atoms with Crippen LogP contribution in [0.25, 0.3) is 72.0 Å². The van der Waals surface area contributed by atoms with E-state index < -0.39 is 5.41 Å². The minimum Gasteiger partial charge on any atom is -0.307 e. The topological polar surface area (TPSA) is 8.17 Å². The van der Waals surface area contributed by atoms with Gasteiger partial charge in [-0.3, -0.25) is 0 Å². The molecular formula is C67H46N2. The van der Waals surface area contributed by atoms with E-state index in [2.05, 4.69) is 289 Å². The van der Waals surface area contributed by atoms with E-state index in [0.29, 0.717) is 0 Å². The molecule has 0 N–H and O–H groups in total. The van der Waals surface area contributed by atoms with Gasteiger partial charge in [0.2, 0.25) is 0 Å². The molecule has 324 valence electrons. The number of para-hydroxylation sites is 5. The fourth-order valence-corrected chi connectivity index (χ4v) is 11.5. The Kier molecular flexibility index (Phi) is 9.77. The lowest BCUT2D eigenvalue weighted by molar-refractivity contribution is 0.768. The van der Waals surface area contributed by atoms with Crippen molar-refractivity contribution in [1.82, 2.24) is 4.57 Å². The maximum atomic E-state index is 2.57. The smallest absolute Gasteiger partial charge is 0.0714 e. The lowest BCUT2D eigenvalue weighted by Gasteiger charge is -2.35. The third-order valence-electron chi connectivity index (χ3n) is 14.3. The largest absolute Gasteiger partial charge is 0.307 e. The minimum atomic E-state index is -0.574. The molecule has 2 nitrogen and oxygen atoms in total. The summed E-state index contributed by atoms with van der Waals surface area (Å²) < 4.78 is 2.47. The van der Waals surface area contributed by atoms with Gasteiger partial charge in [0.25, 0.3) is 0 Å². The van der Waals surface area contributed by atoms with E-state index >= 15 is 0 Å². The van der Waals surface area contributed by atoms with Gasteiger partial charge in [0, 0.05) is 21.9 Å². The summed E-state index contributed by atoms with van der Waals surface area (Å²) in [6, 6.07) is 102. The molecule has 0 bridgehead atoms. The van der Waals surface area contributed by atoms with Crippen molar-refractivity contribution < 1.29 is 0 Å².